The molecule has 4 rings (SSSR count). The highest BCUT2D eigenvalue weighted by molar-refractivity contribution is 6.01. The lowest BCUT2D eigenvalue weighted by atomic mass is 9.92. The number of para-hydroxylation sites is 2. The number of fused-ring (bicyclic) bond motifs is 1. The SMILES string of the molecule is CCCCN1C(=O)N(CC(=O)Nc2c(C(C)C)cccc2C(C)C)C(c2cccc(OCCO)c2)c2ccccc21. The Hall–Kier alpha value is -3.84. The Balaban J connectivity index is 1.76. The topological polar surface area (TPSA) is 82.1 Å². The number of nitrogens with zero attached hydrogens (tertiary/aromatic N) is 2. The first kappa shape index (κ1) is 30.1. The maximum Gasteiger partial charge on any atom is 0.325 e. The smallest absolute Gasteiger partial charge is 0.325 e. The molecule has 3 aromatic rings. The van der Waals surface area contributed by atoms with Gasteiger partial charge >= 0.3 is 6.03 Å². The minimum Gasteiger partial charge on any atom is -0.491 e. The summed E-state index contributed by atoms with van der Waals surface area (Å²) in [5.74, 6) is 0.825. The number of carbonyl (C=O) groups excluding carboxylic acids is 2. The number of unbranched alkanes of at least 4 members (excludes halogenated alkanes) is 1. The van der Waals surface area contributed by atoms with Crippen LogP contribution in [-0.4, -0.2) is 48.2 Å². The minimum absolute atomic E-state index is 0.0934. The van der Waals surface area contributed by atoms with E-state index >= 15 is 0 Å². The first-order valence-corrected chi connectivity index (χ1v) is 14.7. The molecule has 0 saturated heterocycles. The molecule has 3 aromatic carbocycles. The second-order valence-corrected chi connectivity index (χ2v) is 11.2. The molecule has 1 heterocycles. The predicted molar refractivity (Wildman–Crippen MR) is 165 cm³/mol. The molecule has 1 aliphatic rings. The summed E-state index contributed by atoms with van der Waals surface area (Å²) >= 11 is 0. The Morgan fingerprint density at radius 3 is 2.32 bits per heavy atom. The zero-order chi connectivity index (χ0) is 29.5. The average molecular weight is 558 g/mol. The highest BCUT2D eigenvalue weighted by Crippen LogP contribution is 2.41. The van der Waals surface area contributed by atoms with E-state index < -0.39 is 6.04 Å². The standard InChI is InChI=1S/C34H43N3O4/c1-6-7-18-36-30-17-9-8-14-29(30)33(25-12-10-13-26(21-25)41-20-19-38)37(34(36)40)22-31(39)35-32-27(23(2)3)15-11-16-28(32)24(4)5/h8-17,21,23-24,33,38H,6-7,18-20,22H2,1-5H3,(H,35,39). The van der Waals surface area contributed by atoms with Crippen LogP contribution < -0.4 is 15.0 Å². The molecule has 3 amide bonds. The highest BCUT2D eigenvalue weighted by Gasteiger charge is 2.39. The molecular formula is C34H43N3O4. The number of ether oxygens (including phenoxy) is 1. The maximum atomic E-state index is 14.2. The Morgan fingerprint density at radius 2 is 1.66 bits per heavy atom. The predicted octanol–water partition coefficient (Wildman–Crippen LogP) is 7.07. The number of benzene rings is 3. The number of amides is 3. The molecule has 1 atom stereocenters. The second-order valence-electron chi connectivity index (χ2n) is 11.2. The fourth-order valence-corrected chi connectivity index (χ4v) is 5.52. The van der Waals surface area contributed by atoms with Crippen molar-refractivity contribution in [2.24, 2.45) is 0 Å². The van der Waals surface area contributed by atoms with Crippen molar-refractivity contribution in [2.75, 3.05) is 36.5 Å². The molecule has 0 aliphatic carbocycles. The van der Waals surface area contributed by atoms with Crippen LogP contribution in [-0.2, 0) is 4.79 Å². The number of hydrogen-bond donors (Lipinski definition) is 2. The lowest BCUT2D eigenvalue weighted by Crippen LogP contribution is -2.52. The van der Waals surface area contributed by atoms with Gasteiger partial charge in [0.1, 0.15) is 18.9 Å². The van der Waals surface area contributed by atoms with Gasteiger partial charge in [0.25, 0.3) is 0 Å². The second kappa shape index (κ2) is 13.7. The van der Waals surface area contributed by atoms with Gasteiger partial charge in [0.15, 0.2) is 0 Å². The van der Waals surface area contributed by atoms with Crippen LogP contribution >= 0.6 is 0 Å². The van der Waals surface area contributed by atoms with E-state index in [-0.39, 0.29) is 43.5 Å². The minimum atomic E-state index is -0.482. The number of carbonyl (C=O) groups is 2. The molecule has 0 fully saturated rings. The maximum absolute atomic E-state index is 14.2. The molecule has 7 heteroatoms. The summed E-state index contributed by atoms with van der Waals surface area (Å²) in [7, 11) is 0. The Bertz CT molecular complexity index is 1330. The number of aliphatic hydroxyl groups is 1. The van der Waals surface area contributed by atoms with E-state index in [9.17, 15) is 14.7 Å². The first-order valence-electron chi connectivity index (χ1n) is 14.7. The van der Waals surface area contributed by atoms with Gasteiger partial charge in [-0.2, -0.15) is 0 Å². The van der Waals surface area contributed by atoms with Crippen LogP contribution in [0.3, 0.4) is 0 Å². The molecule has 1 unspecified atom stereocenters. The van der Waals surface area contributed by atoms with Crippen molar-refractivity contribution >= 4 is 23.3 Å². The van der Waals surface area contributed by atoms with Crippen LogP contribution in [0.4, 0.5) is 16.2 Å². The van der Waals surface area contributed by atoms with E-state index in [0.717, 1.165) is 46.5 Å². The van der Waals surface area contributed by atoms with Gasteiger partial charge in [-0.3, -0.25) is 9.69 Å². The van der Waals surface area contributed by atoms with Gasteiger partial charge < -0.3 is 20.1 Å². The molecule has 7 nitrogen and oxygen atoms in total. The fourth-order valence-electron chi connectivity index (χ4n) is 5.52. The molecule has 1 aliphatic heterocycles. The third kappa shape index (κ3) is 6.73. The van der Waals surface area contributed by atoms with Gasteiger partial charge in [-0.1, -0.05) is 89.6 Å². The van der Waals surface area contributed by atoms with E-state index in [0.29, 0.717) is 12.3 Å². The van der Waals surface area contributed by atoms with E-state index in [4.69, 9.17) is 4.74 Å². The third-order valence-corrected chi connectivity index (χ3v) is 7.53. The molecule has 41 heavy (non-hydrogen) atoms. The Morgan fingerprint density at radius 1 is 0.976 bits per heavy atom. The summed E-state index contributed by atoms with van der Waals surface area (Å²) in [6.45, 7) is 11.1. The molecule has 0 spiro atoms. The van der Waals surface area contributed by atoms with Crippen molar-refractivity contribution < 1.29 is 19.4 Å². The van der Waals surface area contributed by atoms with Crippen LogP contribution in [0.5, 0.6) is 5.75 Å². The molecule has 0 radical (unpaired) electrons. The molecular weight excluding hydrogens is 514 g/mol. The summed E-state index contributed by atoms with van der Waals surface area (Å²) in [5.41, 5.74) is 5.66. The van der Waals surface area contributed by atoms with Crippen molar-refractivity contribution in [1.29, 1.82) is 0 Å². The van der Waals surface area contributed by atoms with Crippen molar-refractivity contribution in [3.63, 3.8) is 0 Å². The fraction of sp³-hybridized carbons (Fsp3) is 0.412. The molecule has 218 valence electrons. The van der Waals surface area contributed by atoms with Crippen LogP contribution in [0.2, 0.25) is 0 Å². The zero-order valence-corrected chi connectivity index (χ0v) is 24.9. The van der Waals surface area contributed by atoms with Gasteiger partial charge in [0.2, 0.25) is 5.91 Å². The summed E-state index contributed by atoms with van der Waals surface area (Å²) in [6, 6.07) is 21.0. The highest BCUT2D eigenvalue weighted by atomic mass is 16.5. The number of anilines is 2. The number of hydrogen-bond acceptors (Lipinski definition) is 4. The van der Waals surface area contributed by atoms with Gasteiger partial charge in [0.05, 0.1) is 18.3 Å². The molecule has 2 N–H and O–H groups in total. The summed E-state index contributed by atoms with van der Waals surface area (Å²) in [4.78, 5) is 31.5. The number of urea groups is 1. The van der Waals surface area contributed by atoms with Gasteiger partial charge in [-0.15, -0.1) is 0 Å². The summed E-state index contributed by atoms with van der Waals surface area (Å²) in [5, 5.41) is 12.5. The van der Waals surface area contributed by atoms with Crippen molar-refractivity contribution in [2.45, 2.75) is 65.3 Å². The number of aliphatic hydroxyl groups excluding tert-OH is 1. The van der Waals surface area contributed by atoms with E-state index in [1.54, 1.807) is 9.80 Å². The zero-order valence-electron chi connectivity index (χ0n) is 24.9. The Labute approximate surface area is 244 Å². The molecule has 0 aromatic heterocycles. The quantitative estimate of drug-likeness (QED) is 0.249. The monoisotopic (exact) mass is 557 g/mol. The van der Waals surface area contributed by atoms with Gasteiger partial charge in [-0.05, 0) is 53.1 Å². The van der Waals surface area contributed by atoms with E-state index in [1.807, 2.05) is 54.6 Å². The number of rotatable bonds is 12. The number of nitrogens with one attached hydrogen (secondary N) is 1. The van der Waals surface area contributed by atoms with Crippen molar-refractivity contribution in [1.82, 2.24) is 4.90 Å². The summed E-state index contributed by atoms with van der Waals surface area (Å²) in [6.07, 6.45) is 1.80. The molecule has 0 saturated carbocycles. The largest absolute Gasteiger partial charge is 0.491 e. The van der Waals surface area contributed by atoms with Crippen LogP contribution in [0.15, 0.2) is 66.7 Å². The summed E-state index contributed by atoms with van der Waals surface area (Å²) < 4.78 is 5.70. The van der Waals surface area contributed by atoms with Crippen LogP contribution in [0.1, 0.15) is 87.6 Å². The molecule has 0 bridgehead atoms. The van der Waals surface area contributed by atoms with Crippen molar-refractivity contribution in [3.05, 3.63) is 89.0 Å². The van der Waals surface area contributed by atoms with Gasteiger partial charge in [0, 0.05) is 17.8 Å². The van der Waals surface area contributed by atoms with Crippen LogP contribution in [0, 0.1) is 0 Å². The lowest BCUT2D eigenvalue weighted by molar-refractivity contribution is -0.117. The van der Waals surface area contributed by atoms with E-state index in [2.05, 4.69) is 52.1 Å². The Kier molecular flexibility index (Phi) is 10.1. The van der Waals surface area contributed by atoms with Crippen molar-refractivity contribution in [3.8, 4) is 5.75 Å². The third-order valence-electron chi connectivity index (χ3n) is 7.53. The van der Waals surface area contributed by atoms with E-state index in [1.165, 1.54) is 0 Å². The lowest BCUT2D eigenvalue weighted by Gasteiger charge is -2.42. The first-order chi connectivity index (χ1) is 19.8. The normalized spacial score (nSPS) is 14.9. The van der Waals surface area contributed by atoms with Gasteiger partial charge in [-0.25, -0.2) is 4.79 Å². The average Bonchev–Trinajstić information content (AvgIpc) is 2.96. The van der Waals surface area contributed by atoms with Crippen LogP contribution in [0.25, 0.3) is 0 Å².